The van der Waals surface area contributed by atoms with Crippen molar-refractivity contribution in [1.82, 2.24) is 26.1 Å². The summed E-state index contributed by atoms with van der Waals surface area (Å²) in [4.78, 5) is 0. The van der Waals surface area contributed by atoms with Crippen LogP contribution in [0.15, 0.2) is 24.3 Å². The van der Waals surface area contributed by atoms with E-state index in [-0.39, 0.29) is 0 Å². The number of rotatable bonds is 3. The highest BCUT2D eigenvalue weighted by Crippen LogP contribution is 2.16. The fourth-order valence-electron chi connectivity index (χ4n) is 2.42. The number of nitrogens with zero attached hydrogens (tertiary/aromatic N) is 3. The molecule has 4 N–H and O–H groups in total. The van der Waals surface area contributed by atoms with Crippen molar-refractivity contribution in [1.29, 1.82) is 5.41 Å². The second kappa shape index (κ2) is 6.19. The van der Waals surface area contributed by atoms with E-state index in [0.29, 0.717) is 5.96 Å². The molecule has 0 saturated carbocycles. The first-order valence-electron chi connectivity index (χ1n) is 6.87. The van der Waals surface area contributed by atoms with E-state index < -0.39 is 0 Å². The van der Waals surface area contributed by atoms with Gasteiger partial charge in [-0.3, -0.25) is 10.8 Å². The van der Waals surface area contributed by atoms with Crippen molar-refractivity contribution >= 4 is 11.6 Å². The molecule has 2 saturated heterocycles. The fraction of sp³-hybridized carbons (Fsp3) is 0.462. The van der Waals surface area contributed by atoms with Gasteiger partial charge < -0.3 is 10.6 Å². The molecular formula is C13H20N7. The summed E-state index contributed by atoms with van der Waals surface area (Å²) in [6.07, 6.45) is 0. The zero-order valence-electron chi connectivity index (χ0n) is 11.4. The number of hydrogen-bond donors (Lipinski definition) is 4. The molecule has 1 aromatic rings. The number of hydrazine groups is 2. The van der Waals surface area contributed by atoms with E-state index in [2.05, 4.69) is 27.1 Å². The molecule has 1 radical (unpaired) electrons. The first kappa shape index (κ1) is 13.3. The minimum atomic E-state index is 0.364. The topological polar surface area (TPSA) is 69.7 Å². The smallest absolute Gasteiger partial charge is 0.225 e. The highest BCUT2D eigenvalue weighted by atomic mass is 15.7. The third-order valence-electron chi connectivity index (χ3n) is 3.41. The van der Waals surface area contributed by atoms with E-state index >= 15 is 0 Å². The van der Waals surface area contributed by atoms with Crippen molar-refractivity contribution in [3.05, 3.63) is 30.3 Å². The lowest BCUT2D eigenvalue weighted by Gasteiger charge is -2.34. The van der Waals surface area contributed by atoms with Gasteiger partial charge in [-0.05, 0) is 18.2 Å². The molecule has 7 heteroatoms. The second-order valence-corrected chi connectivity index (χ2v) is 4.84. The Balaban J connectivity index is 1.75. The van der Waals surface area contributed by atoms with Crippen molar-refractivity contribution in [2.75, 3.05) is 44.5 Å². The predicted octanol–water partition coefficient (Wildman–Crippen LogP) is -0.627. The Labute approximate surface area is 119 Å². The summed E-state index contributed by atoms with van der Waals surface area (Å²) in [6.45, 7) is 5.19. The van der Waals surface area contributed by atoms with Crippen LogP contribution in [-0.2, 0) is 0 Å². The molecular weight excluding hydrogens is 254 g/mol. The van der Waals surface area contributed by atoms with Crippen molar-refractivity contribution < 1.29 is 0 Å². The van der Waals surface area contributed by atoms with Crippen LogP contribution in [-0.4, -0.2) is 55.5 Å². The molecule has 0 bridgehead atoms. The maximum Gasteiger partial charge on any atom is 0.225 e. The average molecular weight is 274 g/mol. The summed E-state index contributed by atoms with van der Waals surface area (Å²) < 4.78 is 0. The van der Waals surface area contributed by atoms with Gasteiger partial charge >= 0.3 is 0 Å². The molecule has 2 aliphatic heterocycles. The molecule has 20 heavy (non-hydrogen) atoms. The van der Waals surface area contributed by atoms with E-state index in [4.69, 9.17) is 5.41 Å². The van der Waals surface area contributed by atoms with Gasteiger partial charge in [-0.2, -0.15) is 5.01 Å². The van der Waals surface area contributed by atoms with Crippen LogP contribution in [0.3, 0.4) is 0 Å². The maximum atomic E-state index is 8.38. The zero-order valence-corrected chi connectivity index (χ0v) is 11.4. The van der Waals surface area contributed by atoms with Crippen LogP contribution in [0.5, 0.6) is 0 Å². The number of nitrogens with one attached hydrogen (secondary N) is 4. The largest absolute Gasteiger partial charge is 0.302 e. The molecule has 2 heterocycles. The van der Waals surface area contributed by atoms with Crippen molar-refractivity contribution in [2.24, 2.45) is 0 Å². The second-order valence-electron chi connectivity index (χ2n) is 4.84. The molecule has 2 fully saturated rings. The monoisotopic (exact) mass is 274 g/mol. The molecule has 3 rings (SSSR count). The Morgan fingerprint density at radius 2 is 1.95 bits per heavy atom. The van der Waals surface area contributed by atoms with Gasteiger partial charge in [0, 0.05) is 26.2 Å². The number of anilines is 1. The van der Waals surface area contributed by atoms with E-state index in [0.717, 1.165) is 45.2 Å². The quantitative estimate of drug-likeness (QED) is 0.435. The summed E-state index contributed by atoms with van der Waals surface area (Å²) in [6, 6.07) is 10.7. The van der Waals surface area contributed by atoms with Crippen LogP contribution in [0, 0.1) is 11.5 Å². The highest BCUT2D eigenvalue weighted by molar-refractivity contribution is 5.92. The lowest BCUT2D eigenvalue weighted by Crippen LogP contribution is -2.55. The Hall–Kier alpha value is -1.67. The summed E-state index contributed by atoms with van der Waals surface area (Å²) in [5, 5.41) is 21.0. The first-order valence-corrected chi connectivity index (χ1v) is 6.87. The summed E-state index contributed by atoms with van der Waals surface area (Å²) in [5.74, 6) is 0.364. The van der Waals surface area contributed by atoms with Gasteiger partial charge in [0.15, 0.2) is 0 Å². The van der Waals surface area contributed by atoms with Crippen molar-refractivity contribution in [3.8, 4) is 0 Å². The van der Waals surface area contributed by atoms with Crippen molar-refractivity contribution in [2.45, 2.75) is 0 Å². The Bertz CT molecular complexity index is 437. The highest BCUT2D eigenvalue weighted by Gasteiger charge is 2.25. The molecule has 107 valence electrons. The van der Waals surface area contributed by atoms with Gasteiger partial charge in [-0.1, -0.05) is 12.1 Å². The van der Waals surface area contributed by atoms with E-state index in [1.807, 2.05) is 34.3 Å². The average Bonchev–Trinajstić information content (AvgIpc) is 3.14. The lowest BCUT2D eigenvalue weighted by molar-refractivity contribution is 0.272. The van der Waals surface area contributed by atoms with Crippen LogP contribution >= 0.6 is 0 Å². The summed E-state index contributed by atoms with van der Waals surface area (Å²) in [7, 11) is 0. The zero-order chi connectivity index (χ0) is 13.8. The lowest BCUT2D eigenvalue weighted by atomic mass is 10.3. The van der Waals surface area contributed by atoms with Crippen LogP contribution in [0.1, 0.15) is 0 Å². The van der Waals surface area contributed by atoms with Crippen molar-refractivity contribution in [3.63, 3.8) is 0 Å². The van der Waals surface area contributed by atoms with Gasteiger partial charge in [-0.15, -0.1) is 0 Å². The third-order valence-corrected chi connectivity index (χ3v) is 3.41. The molecule has 0 atom stereocenters. The van der Waals surface area contributed by atoms with E-state index in [1.54, 1.807) is 0 Å². The standard InChI is InChI=1S/C13H20N7/c14-13(17-18-8-6-15-10-18)20(19-9-7-16-11-19)12-4-2-1-3-5-12/h2-5,15-16H,6-11H2,(H2,14,17). The first-order chi connectivity index (χ1) is 9.84. The van der Waals surface area contributed by atoms with E-state index in [1.165, 1.54) is 0 Å². The molecule has 7 nitrogen and oxygen atoms in total. The Morgan fingerprint density at radius 3 is 2.60 bits per heavy atom. The maximum absolute atomic E-state index is 8.38. The molecule has 0 amide bonds. The van der Waals surface area contributed by atoms with Crippen LogP contribution in [0.2, 0.25) is 0 Å². The Morgan fingerprint density at radius 1 is 1.20 bits per heavy atom. The molecule has 1 aromatic carbocycles. The minimum absolute atomic E-state index is 0.364. The van der Waals surface area contributed by atoms with Gasteiger partial charge in [0.05, 0.1) is 19.0 Å². The number of benzene rings is 1. The Kier molecular flexibility index (Phi) is 4.12. The normalized spacial score (nSPS) is 20.2. The third kappa shape index (κ3) is 2.91. The van der Waals surface area contributed by atoms with Crippen LogP contribution < -0.4 is 21.1 Å². The summed E-state index contributed by atoms with van der Waals surface area (Å²) in [5.41, 5.74) is 4.12. The van der Waals surface area contributed by atoms with Gasteiger partial charge in [0.2, 0.25) is 5.96 Å². The van der Waals surface area contributed by atoms with Gasteiger partial charge in [-0.25, -0.2) is 10.0 Å². The van der Waals surface area contributed by atoms with Gasteiger partial charge in [0.25, 0.3) is 0 Å². The molecule has 0 spiro atoms. The molecule has 0 aliphatic carbocycles. The summed E-state index contributed by atoms with van der Waals surface area (Å²) >= 11 is 0. The predicted molar refractivity (Wildman–Crippen MR) is 77.8 cm³/mol. The number of guanidine groups is 1. The fourth-order valence-corrected chi connectivity index (χ4v) is 2.42. The van der Waals surface area contributed by atoms with Crippen LogP contribution in [0.4, 0.5) is 5.69 Å². The number of hydrogen-bond acceptors (Lipinski definition) is 5. The van der Waals surface area contributed by atoms with E-state index in [9.17, 15) is 0 Å². The molecule has 0 aromatic heterocycles. The molecule has 2 aliphatic rings. The molecule has 0 unspecified atom stereocenters. The van der Waals surface area contributed by atoms with Gasteiger partial charge in [0.1, 0.15) is 0 Å². The minimum Gasteiger partial charge on any atom is -0.302 e. The SMILES string of the molecule is N=C(NN1CCNC1)N(c1cc[c]cc1)N1CCNC1. The van der Waals surface area contributed by atoms with Crippen LogP contribution in [0.25, 0.3) is 0 Å².